The van der Waals surface area contributed by atoms with Gasteiger partial charge in [0.2, 0.25) is 0 Å². The number of ketones is 1. The van der Waals surface area contributed by atoms with Crippen molar-refractivity contribution in [3.63, 3.8) is 0 Å². The lowest BCUT2D eigenvalue weighted by atomic mass is 10.1. The number of aromatic nitrogens is 2. The maximum absolute atomic E-state index is 12.1. The van der Waals surface area contributed by atoms with Crippen molar-refractivity contribution in [2.45, 2.75) is 32.4 Å². The monoisotopic (exact) mass is 270 g/mol. The predicted molar refractivity (Wildman–Crippen MR) is 64.2 cm³/mol. The molecule has 0 atom stereocenters. The van der Waals surface area contributed by atoms with E-state index in [1.54, 1.807) is 19.1 Å². The van der Waals surface area contributed by atoms with Gasteiger partial charge >= 0.3 is 6.18 Å². The Balaban J connectivity index is 2.25. The van der Waals surface area contributed by atoms with Crippen molar-refractivity contribution in [2.24, 2.45) is 0 Å². The van der Waals surface area contributed by atoms with E-state index in [2.05, 4.69) is 5.10 Å². The third kappa shape index (κ3) is 3.13. The fraction of sp³-hybridized carbons (Fsp3) is 0.385. The molecule has 0 radical (unpaired) electrons. The van der Waals surface area contributed by atoms with Crippen molar-refractivity contribution in [1.82, 2.24) is 9.61 Å². The zero-order chi connectivity index (χ0) is 14.0. The highest BCUT2D eigenvalue weighted by atomic mass is 19.4. The van der Waals surface area contributed by atoms with Crippen LogP contribution < -0.4 is 0 Å². The maximum atomic E-state index is 12.1. The highest BCUT2D eigenvalue weighted by Crippen LogP contribution is 2.22. The number of hydrogen-bond donors (Lipinski definition) is 0. The van der Waals surface area contributed by atoms with Crippen molar-refractivity contribution < 1.29 is 18.0 Å². The summed E-state index contributed by atoms with van der Waals surface area (Å²) in [4.78, 5) is 11.6. The Morgan fingerprint density at radius 3 is 2.74 bits per heavy atom. The normalized spacial score (nSPS) is 12.0. The highest BCUT2D eigenvalue weighted by Gasteiger charge is 2.26. The Kier molecular flexibility index (Phi) is 3.59. The quantitative estimate of drug-likeness (QED) is 0.798. The molecule has 6 heteroatoms. The minimum absolute atomic E-state index is 0.0296. The zero-order valence-corrected chi connectivity index (χ0v) is 10.4. The van der Waals surface area contributed by atoms with Gasteiger partial charge in [0.15, 0.2) is 5.78 Å². The number of alkyl halides is 3. The van der Waals surface area contributed by atoms with Gasteiger partial charge in [0.1, 0.15) is 0 Å². The molecule has 2 rings (SSSR count). The molecule has 0 spiro atoms. The molecule has 3 nitrogen and oxygen atoms in total. The number of rotatable bonds is 4. The second-order valence-corrected chi connectivity index (χ2v) is 4.32. The van der Waals surface area contributed by atoms with Gasteiger partial charge in [-0.3, -0.25) is 4.79 Å². The Morgan fingerprint density at radius 2 is 2.11 bits per heavy atom. The third-order valence-corrected chi connectivity index (χ3v) is 2.90. The van der Waals surface area contributed by atoms with Gasteiger partial charge in [-0.1, -0.05) is 13.0 Å². The summed E-state index contributed by atoms with van der Waals surface area (Å²) in [5.74, 6) is -0.0296. The number of aryl methyl sites for hydroxylation is 1. The lowest BCUT2D eigenvalue weighted by Crippen LogP contribution is -2.08. The first-order chi connectivity index (χ1) is 8.90. The molecule has 2 heterocycles. The summed E-state index contributed by atoms with van der Waals surface area (Å²) in [7, 11) is 0. The van der Waals surface area contributed by atoms with E-state index in [9.17, 15) is 18.0 Å². The Hall–Kier alpha value is -1.85. The summed E-state index contributed by atoms with van der Waals surface area (Å²) in [6.45, 7) is 1.75. The van der Waals surface area contributed by atoms with Crippen molar-refractivity contribution >= 4 is 11.3 Å². The molecule has 0 aliphatic rings. The zero-order valence-electron chi connectivity index (χ0n) is 10.4. The minimum Gasteiger partial charge on any atom is -0.294 e. The first kappa shape index (κ1) is 13.6. The van der Waals surface area contributed by atoms with Gasteiger partial charge in [0.05, 0.1) is 17.3 Å². The van der Waals surface area contributed by atoms with E-state index in [1.165, 1.54) is 16.9 Å². The first-order valence-corrected chi connectivity index (χ1v) is 5.97. The number of halogens is 3. The van der Waals surface area contributed by atoms with Crippen LogP contribution in [0.15, 0.2) is 24.5 Å². The number of nitrogens with zero attached hydrogens (tertiary/aromatic N) is 2. The van der Waals surface area contributed by atoms with E-state index in [1.807, 2.05) is 0 Å². The average Bonchev–Trinajstić information content (AvgIpc) is 2.77. The topological polar surface area (TPSA) is 34.4 Å². The molecule has 0 aliphatic heterocycles. The molecule has 2 aromatic rings. The largest absolute Gasteiger partial charge is 0.389 e. The molecule has 0 aliphatic carbocycles. The van der Waals surface area contributed by atoms with Crippen LogP contribution >= 0.6 is 0 Å². The number of Topliss-reactive ketones (excluding diaryl/α,β-unsaturated/α-hetero) is 1. The number of pyridine rings is 1. The Labute approximate surface area is 108 Å². The molecule has 0 amide bonds. The van der Waals surface area contributed by atoms with Crippen LogP contribution in [0, 0.1) is 0 Å². The standard InChI is InChI=1S/C13H13F3N2O/c1-2-12(19)10-7-17-18-8-9(3-4-11(10)18)5-6-13(14,15)16/h3-4,7-8H,2,5-6H2,1H3. The average molecular weight is 270 g/mol. The Morgan fingerprint density at radius 1 is 1.37 bits per heavy atom. The number of fused-ring (bicyclic) bond motifs is 1. The van der Waals surface area contributed by atoms with Gasteiger partial charge in [0, 0.05) is 19.0 Å². The van der Waals surface area contributed by atoms with E-state index in [-0.39, 0.29) is 12.2 Å². The van der Waals surface area contributed by atoms with Crippen molar-refractivity contribution in [3.8, 4) is 0 Å². The lowest BCUT2D eigenvalue weighted by Gasteiger charge is -2.06. The smallest absolute Gasteiger partial charge is 0.294 e. The van der Waals surface area contributed by atoms with Crippen LogP contribution in [0.25, 0.3) is 5.52 Å². The molecule has 102 valence electrons. The summed E-state index contributed by atoms with van der Waals surface area (Å²) >= 11 is 0. The molecular weight excluding hydrogens is 257 g/mol. The molecule has 19 heavy (non-hydrogen) atoms. The van der Waals surface area contributed by atoms with Crippen LogP contribution in [0.4, 0.5) is 13.2 Å². The predicted octanol–water partition coefficient (Wildman–Crippen LogP) is 3.42. The lowest BCUT2D eigenvalue weighted by molar-refractivity contribution is -0.134. The van der Waals surface area contributed by atoms with Gasteiger partial charge in [0.25, 0.3) is 0 Å². The molecule has 0 saturated carbocycles. The van der Waals surface area contributed by atoms with E-state index in [0.29, 0.717) is 23.1 Å². The van der Waals surface area contributed by atoms with Gasteiger partial charge in [-0.25, -0.2) is 4.52 Å². The maximum Gasteiger partial charge on any atom is 0.389 e. The number of carbonyl (C=O) groups excluding carboxylic acids is 1. The molecule has 0 bridgehead atoms. The van der Waals surface area contributed by atoms with E-state index >= 15 is 0 Å². The summed E-state index contributed by atoms with van der Waals surface area (Å²) in [5, 5.41) is 4.01. The molecule has 0 fully saturated rings. The SMILES string of the molecule is CCC(=O)c1cnn2cc(CCC(F)(F)F)ccc12. The third-order valence-electron chi connectivity index (χ3n) is 2.90. The second kappa shape index (κ2) is 5.03. The number of carbonyl (C=O) groups is 1. The summed E-state index contributed by atoms with van der Waals surface area (Å²) in [6, 6.07) is 3.25. The molecule has 0 saturated heterocycles. The first-order valence-electron chi connectivity index (χ1n) is 5.97. The second-order valence-electron chi connectivity index (χ2n) is 4.32. The number of hydrogen-bond acceptors (Lipinski definition) is 2. The van der Waals surface area contributed by atoms with Gasteiger partial charge in [-0.2, -0.15) is 18.3 Å². The minimum atomic E-state index is -4.16. The fourth-order valence-corrected chi connectivity index (χ4v) is 1.87. The summed E-state index contributed by atoms with van der Waals surface area (Å²) in [6.07, 6.45) is -1.75. The fourth-order valence-electron chi connectivity index (χ4n) is 1.87. The van der Waals surface area contributed by atoms with Crippen LogP contribution in [0.3, 0.4) is 0 Å². The summed E-state index contributed by atoms with van der Waals surface area (Å²) in [5.41, 5.74) is 1.68. The van der Waals surface area contributed by atoms with Crippen molar-refractivity contribution in [3.05, 3.63) is 35.7 Å². The van der Waals surface area contributed by atoms with Crippen LogP contribution in [-0.4, -0.2) is 21.6 Å². The Bertz CT molecular complexity index is 601. The van der Waals surface area contributed by atoms with E-state index in [4.69, 9.17) is 0 Å². The summed E-state index contributed by atoms with van der Waals surface area (Å²) < 4.78 is 37.9. The van der Waals surface area contributed by atoms with E-state index < -0.39 is 12.6 Å². The highest BCUT2D eigenvalue weighted by molar-refractivity contribution is 6.01. The van der Waals surface area contributed by atoms with Crippen LogP contribution in [-0.2, 0) is 6.42 Å². The molecule has 0 N–H and O–H groups in total. The molecule has 0 aromatic carbocycles. The van der Waals surface area contributed by atoms with Crippen LogP contribution in [0.1, 0.15) is 35.7 Å². The molecule has 0 unspecified atom stereocenters. The van der Waals surface area contributed by atoms with Gasteiger partial charge < -0.3 is 0 Å². The van der Waals surface area contributed by atoms with Crippen LogP contribution in [0.5, 0.6) is 0 Å². The van der Waals surface area contributed by atoms with Crippen LogP contribution in [0.2, 0.25) is 0 Å². The van der Waals surface area contributed by atoms with Crippen molar-refractivity contribution in [1.29, 1.82) is 0 Å². The van der Waals surface area contributed by atoms with Gasteiger partial charge in [-0.15, -0.1) is 0 Å². The van der Waals surface area contributed by atoms with Crippen molar-refractivity contribution in [2.75, 3.05) is 0 Å². The molecule has 2 aromatic heterocycles. The van der Waals surface area contributed by atoms with Gasteiger partial charge in [-0.05, 0) is 18.1 Å². The molecular formula is C13H13F3N2O. The van der Waals surface area contributed by atoms with E-state index in [0.717, 1.165) is 0 Å².